The van der Waals surface area contributed by atoms with Gasteiger partial charge < -0.3 is 5.11 Å². The molecule has 1 N–H and O–H groups in total. The summed E-state index contributed by atoms with van der Waals surface area (Å²) in [6, 6.07) is -1.08. The summed E-state index contributed by atoms with van der Waals surface area (Å²) in [5.74, 6) is -1.14. The van der Waals surface area contributed by atoms with Crippen LogP contribution in [0.1, 0.15) is 20.3 Å². The van der Waals surface area contributed by atoms with Gasteiger partial charge in [0, 0.05) is 13.6 Å². The van der Waals surface area contributed by atoms with Gasteiger partial charge in [0.1, 0.15) is 6.04 Å². The molecule has 1 aliphatic heterocycles. The van der Waals surface area contributed by atoms with Crippen LogP contribution in [0.3, 0.4) is 0 Å². The summed E-state index contributed by atoms with van der Waals surface area (Å²) in [5.41, 5.74) is -0.606. The average molecular weight is 288 g/mol. The Morgan fingerprint density at radius 3 is 2.63 bits per heavy atom. The van der Waals surface area contributed by atoms with Gasteiger partial charge in [-0.15, -0.1) is 5.10 Å². The average Bonchev–Trinajstić information content (AvgIpc) is 2.81. The SMILES string of the molecule is Cn1nncc1S(=O)(=O)N1CCC(C)(C)C1C(=O)O. The van der Waals surface area contributed by atoms with Crippen LogP contribution in [-0.2, 0) is 21.9 Å². The predicted molar refractivity (Wildman–Crippen MR) is 64.7 cm³/mol. The number of nitrogens with zero attached hydrogens (tertiary/aromatic N) is 4. The Morgan fingerprint density at radius 2 is 2.16 bits per heavy atom. The highest BCUT2D eigenvalue weighted by atomic mass is 32.2. The lowest BCUT2D eigenvalue weighted by atomic mass is 9.85. The number of aliphatic carboxylic acids is 1. The third-order valence-corrected chi connectivity index (χ3v) is 5.39. The third-order valence-electron chi connectivity index (χ3n) is 3.48. The van der Waals surface area contributed by atoms with Gasteiger partial charge >= 0.3 is 5.97 Å². The molecule has 2 heterocycles. The molecule has 1 atom stereocenters. The Hall–Kier alpha value is -1.48. The Balaban J connectivity index is 2.48. The number of rotatable bonds is 3. The zero-order valence-electron chi connectivity index (χ0n) is 10.9. The van der Waals surface area contributed by atoms with Crippen LogP contribution in [0.2, 0.25) is 0 Å². The van der Waals surface area contributed by atoms with Crippen molar-refractivity contribution < 1.29 is 18.3 Å². The number of sulfonamides is 1. The fourth-order valence-corrected chi connectivity index (χ4v) is 4.18. The molecule has 19 heavy (non-hydrogen) atoms. The van der Waals surface area contributed by atoms with E-state index in [1.54, 1.807) is 13.8 Å². The minimum absolute atomic E-state index is 0.101. The molecule has 1 aromatic heterocycles. The molecule has 1 aromatic rings. The number of aromatic nitrogens is 3. The Bertz CT molecular complexity index is 607. The van der Waals surface area contributed by atoms with Crippen LogP contribution in [0.4, 0.5) is 0 Å². The van der Waals surface area contributed by atoms with Crippen molar-refractivity contribution in [2.75, 3.05) is 6.54 Å². The molecule has 2 rings (SSSR count). The van der Waals surface area contributed by atoms with E-state index in [-0.39, 0.29) is 11.6 Å². The van der Waals surface area contributed by atoms with Crippen molar-refractivity contribution in [1.82, 2.24) is 19.3 Å². The fourth-order valence-electron chi connectivity index (χ4n) is 2.40. The number of aryl methyl sites for hydroxylation is 1. The number of carbonyl (C=O) groups is 1. The molecule has 106 valence electrons. The molecule has 0 aromatic carbocycles. The van der Waals surface area contributed by atoms with Crippen LogP contribution in [0.15, 0.2) is 11.2 Å². The first-order chi connectivity index (χ1) is 8.68. The molecule has 0 bridgehead atoms. The van der Waals surface area contributed by atoms with Gasteiger partial charge in [-0.2, -0.15) is 4.31 Å². The minimum atomic E-state index is -3.90. The topological polar surface area (TPSA) is 105 Å². The van der Waals surface area contributed by atoms with E-state index in [1.807, 2.05) is 0 Å². The van der Waals surface area contributed by atoms with E-state index in [2.05, 4.69) is 10.3 Å². The lowest BCUT2D eigenvalue weighted by molar-refractivity contribution is -0.143. The van der Waals surface area contributed by atoms with Crippen LogP contribution in [0.5, 0.6) is 0 Å². The molecule has 8 nitrogen and oxygen atoms in total. The van der Waals surface area contributed by atoms with Crippen molar-refractivity contribution in [2.45, 2.75) is 31.3 Å². The summed E-state index contributed by atoms with van der Waals surface area (Å²) in [4.78, 5) is 11.4. The fraction of sp³-hybridized carbons (Fsp3) is 0.700. The van der Waals surface area contributed by atoms with E-state index in [0.29, 0.717) is 6.42 Å². The molecule has 0 amide bonds. The van der Waals surface area contributed by atoms with Crippen molar-refractivity contribution in [3.05, 3.63) is 6.20 Å². The molecule has 0 aliphatic carbocycles. The Labute approximate surface area is 111 Å². The molecule has 1 unspecified atom stereocenters. The molecule has 1 aliphatic rings. The predicted octanol–water partition coefficient (Wildman–Crippen LogP) is -0.311. The number of hydrogen-bond acceptors (Lipinski definition) is 5. The standard InChI is InChI=1S/C10H16N4O4S/c1-10(2)4-5-14(8(10)9(15)16)19(17,18)7-6-11-12-13(7)3/h6,8H,4-5H2,1-3H3,(H,15,16). The largest absolute Gasteiger partial charge is 0.480 e. The lowest BCUT2D eigenvalue weighted by Gasteiger charge is -2.28. The molecule has 9 heteroatoms. The van der Waals surface area contributed by atoms with E-state index in [9.17, 15) is 18.3 Å². The second-order valence-corrected chi connectivity index (χ2v) is 7.13. The zero-order valence-corrected chi connectivity index (χ0v) is 11.8. The first kappa shape index (κ1) is 13.9. The second-order valence-electron chi connectivity index (χ2n) is 5.29. The van der Waals surface area contributed by atoms with Gasteiger partial charge in [-0.05, 0) is 11.8 Å². The molecule has 1 saturated heterocycles. The molecule has 0 radical (unpaired) electrons. The van der Waals surface area contributed by atoms with E-state index >= 15 is 0 Å². The number of carboxylic acid groups (broad SMARTS) is 1. The second kappa shape index (κ2) is 4.27. The summed E-state index contributed by atoms with van der Waals surface area (Å²) in [7, 11) is -2.45. The van der Waals surface area contributed by atoms with Crippen molar-refractivity contribution in [2.24, 2.45) is 12.5 Å². The maximum Gasteiger partial charge on any atom is 0.322 e. The summed E-state index contributed by atoms with van der Waals surface area (Å²) < 4.78 is 27.1. The van der Waals surface area contributed by atoms with Crippen LogP contribution in [-0.4, -0.2) is 51.4 Å². The smallest absolute Gasteiger partial charge is 0.322 e. The minimum Gasteiger partial charge on any atom is -0.480 e. The maximum atomic E-state index is 12.5. The molecule has 0 spiro atoms. The highest BCUT2D eigenvalue weighted by molar-refractivity contribution is 7.89. The number of carboxylic acids is 1. The first-order valence-electron chi connectivity index (χ1n) is 5.77. The van der Waals surface area contributed by atoms with Gasteiger partial charge in [-0.25, -0.2) is 13.1 Å². The van der Waals surface area contributed by atoms with Crippen molar-refractivity contribution >= 4 is 16.0 Å². The normalized spacial score (nSPS) is 23.6. The third kappa shape index (κ3) is 2.12. The van der Waals surface area contributed by atoms with Crippen molar-refractivity contribution in [3.63, 3.8) is 0 Å². The van der Waals surface area contributed by atoms with Gasteiger partial charge in [0.2, 0.25) is 0 Å². The van der Waals surface area contributed by atoms with Crippen LogP contribution < -0.4 is 0 Å². The van der Waals surface area contributed by atoms with E-state index in [4.69, 9.17) is 0 Å². The van der Waals surface area contributed by atoms with E-state index in [0.717, 1.165) is 15.2 Å². The van der Waals surface area contributed by atoms with Crippen molar-refractivity contribution in [1.29, 1.82) is 0 Å². The molecular weight excluding hydrogens is 272 g/mol. The molecular formula is C10H16N4O4S. The number of hydrogen-bond donors (Lipinski definition) is 1. The monoisotopic (exact) mass is 288 g/mol. The summed E-state index contributed by atoms with van der Waals surface area (Å²) in [5, 5.41) is 16.3. The van der Waals surface area contributed by atoms with Gasteiger partial charge in [0.25, 0.3) is 10.0 Å². The summed E-state index contributed by atoms with van der Waals surface area (Å²) in [6.07, 6.45) is 1.62. The van der Waals surface area contributed by atoms with Crippen LogP contribution >= 0.6 is 0 Å². The van der Waals surface area contributed by atoms with Crippen LogP contribution in [0.25, 0.3) is 0 Å². The maximum absolute atomic E-state index is 12.5. The lowest BCUT2D eigenvalue weighted by Crippen LogP contribution is -2.46. The van der Waals surface area contributed by atoms with Crippen molar-refractivity contribution in [3.8, 4) is 0 Å². The summed E-state index contributed by atoms with van der Waals surface area (Å²) in [6.45, 7) is 3.68. The Kier molecular flexibility index (Phi) is 3.13. The first-order valence-corrected chi connectivity index (χ1v) is 7.21. The highest BCUT2D eigenvalue weighted by Crippen LogP contribution is 2.39. The Morgan fingerprint density at radius 1 is 1.53 bits per heavy atom. The van der Waals surface area contributed by atoms with E-state index in [1.165, 1.54) is 7.05 Å². The molecule has 0 saturated carbocycles. The van der Waals surface area contributed by atoms with E-state index < -0.39 is 27.4 Å². The van der Waals surface area contributed by atoms with Gasteiger partial charge in [-0.3, -0.25) is 4.79 Å². The van der Waals surface area contributed by atoms with Gasteiger partial charge in [0.05, 0.1) is 6.20 Å². The molecule has 1 fully saturated rings. The summed E-state index contributed by atoms with van der Waals surface area (Å²) >= 11 is 0. The quantitative estimate of drug-likeness (QED) is 0.817. The van der Waals surface area contributed by atoms with Gasteiger partial charge in [-0.1, -0.05) is 19.1 Å². The van der Waals surface area contributed by atoms with Gasteiger partial charge in [0.15, 0.2) is 5.03 Å². The highest BCUT2D eigenvalue weighted by Gasteiger charge is 2.51. The van der Waals surface area contributed by atoms with Crippen LogP contribution in [0, 0.1) is 5.41 Å². The zero-order chi connectivity index (χ0) is 14.4.